The maximum atomic E-state index is 9.06. The topological polar surface area (TPSA) is 49.4 Å². The van der Waals surface area contributed by atoms with E-state index in [2.05, 4.69) is 104 Å². The summed E-state index contributed by atoms with van der Waals surface area (Å²) in [7, 11) is 0. The molecule has 0 unspecified atom stereocenters. The second-order valence-electron chi connectivity index (χ2n) is 12.2. The van der Waals surface area contributed by atoms with Crippen LogP contribution in [0.1, 0.15) is 17.5 Å². The average molecular weight is 642 g/mol. The number of fused-ring (bicyclic) bond motifs is 1. The minimum absolute atomic E-state index is 0.517. The molecule has 5 aromatic carbocycles. The van der Waals surface area contributed by atoms with Gasteiger partial charge in [0.15, 0.2) is 0 Å². The zero-order valence-corrected chi connectivity index (χ0v) is 27.3. The lowest BCUT2D eigenvalue weighted by Gasteiger charge is -2.36. The number of nitrogens with zero attached hydrogens (tertiary/aromatic N) is 4. The fourth-order valence-corrected chi connectivity index (χ4v) is 6.71. The van der Waals surface area contributed by atoms with Crippen LogP contribution in [0.3, 0.4) is 0 Å². The Morgan fingerprint density at radius 1 is 0.638 bits per heavy atom. The average Bonchev–Trinajstić information content (AvgIpc) is 3.38. The largest absolute Gasteiger partial charge is 0.494 e. The van der Waals surface area contributed by atoms with Crippen molar-refractivity contribution in [3.63, 3.8) is 0 Å². The molecule has 0 radical (unpaired) electrons. The Hall–Kier alpha value is -4.78. The van der Waals surface area contributed by atoms with Gasteiger partial charge in [-0.05, 0) is 77.2 Å². The summed E-state index contributed by atoms with van der Waals surface area (Å²) in [4.78, 5) is 5.04. The van der Waals surface area contributed by atoms with Crippen LogP contribution in [0.5, 0.6) is 5.75 Å². The highest BCUT2D eigenvalue weighted by molar-refractivity contribution is 6.30. The first-order chi connectivity index (χ1) is 23.1. The molecule has 1 aliphatic heterocycles. The number of hydrogen-bond acceptors (Lipinski definition) is 4. The molecule has 6 aromatic rings. The highest BCUT2D eigenvalue weighted by Gasteiger charge is 2.19. The van der Waals surface area contributed by atoms with E-state index >= 15 is 0 Å². The van der Waals surface area contributed by atoms with Crippen LogP contribution in [0.15, 0.2) is 127 Å². The van der Waals surface area contributed by atoms with Crippen LogP contribution in [-0.4, -0.2) is 46.8 Å². The van der Waals surface area contributed by atoms with Gasteiger partial charge in [-0.25, -0.2) is 0 Å². The van der Waals surface area contributed by atoms with E-state index in [0.29, 0.717) is 18.8 Å². The Morgan fingerprint density at radius 2 is 1.30 bits per heavy atom. The molecule has 0 bridgehead atoms. The van der Waals surface area contributed by atoms with Crippen LogP contribution < -0.4 is 15.3 Å². The van der Waals surface area contributed by atoms with Crippen molar-refractivity contribution in [2.45, 2.75) is 26.1 Å². The quantitative estimate of drug-likeness (QED) is 0.146. The van der Waals surface area contributed by atoms with Gasteiger partial charge >= 0.3 is 0 Å². The summed E-state index contributed by atoms with van der Waals surface area (Å²) in [5, 5.41) is 9.83. The summed E-state index contributed by atoms with van der Waals surface area (Å²) in [6, 6.07) is 44.0. The SMILES string of the molecule is N=c1n(CCCOc2ccccc2)c2ccccc2n1Cc1ccc(N2CCN(Cc3ccccc3-c3ccc(Cl)cc3)CC2)cc1. The number of halogens is 1. The molecule has 238 valence electrons. The Morgan fingerprint density at radius 3 is 2.04 bits per heavy atom. The maximum Gasteiger partial charge on any atom is 0.203 e. The lowest BCUT2D eigenvalue weighted by Crippen LogP contribution is -2.46. The van der Waals surface area contributed by atoms with Gasteiger partial charge in [-0.15, -0.1) is 0 Å². The van der Waals surface area contributed by atoms with E-state index in [-0.39, 0.29) is 0 Å². The third kappa shape index (κ3) is 7.14. The monoisotopic (exact) mass is 641 g/mol. The number of imidazole rings is 1. The van der Waals surface area contributed by atoms with E-state index in [1.165, 1.54) is 27.9 Å². The minimum Gasteiger partial charge on any atom is -0.494 e. The van der Waals surface area contributed by atoms with E-state index < -0.39 is 0 Å². The predicted octanol–water partition coefficient (Wildman–Crippen LogP) is 8.08. The van der Waals surface area contributed by atoms with Gasteiger partial charge in [-0.3, -0.25) is 10.3 Å². The van der Waals surface area contributed by atoms with E-state index in [1.807, 2.05) is 42.5 Å². The number of rotatable bonds is 11. The highest BCUT2D eigenvalue weighted by atomic mass is 35.5. The van der Waals surface area contributed by atoms with Gasteiger partial charge in [0, 0.05) is 50.0 Å². The first-order valence-corrected chi connectivity index (χ1v) is 16.8. The summed E-state index contributed by atoms with van der Waals surface area (Å²) in [6.45, 7) is 6.97. The molecule has 0 aliphatic carbocycles. The van der Waals surface area contributed by atoms with E-state index in [9.17, 15) is 0 Å². The second-order valence-corrected chi connectivity index (χ2v) is 12.6. The van der Waals surface area contributed by atoms with Crippen molar-refractivity contribution in [3.8, 4) is 16.9 Å². The minimum atomic E-state index is 0.517. The zero-order chi connectivity index (χ0) is 32.0. The molecule has 1 N–H and O–H groups in total. The molecular weight excluding hydrogens is 602 g/mol. The molecule has 0 amide bonds. The van der Waals surface area contributed by atoms with Crippen LogP contribution >= 0.6 is 11.6 Å². The summed E-state index contributed by atoms with van der Waals surface area (Å²) in [5.41, 5.74) is 8.96. The fraction of sp³-hybridized carbons (Fsp3) is 0.225. The molecule has 1 saturated heterocycles. The summed E-state index contributed by atoms with van der Waals surface area (Å²) >= 11 is 6.14. The van der Waals surface area contributed by atoms with Crippen molar-refractivity contribution in [1.82, 2.24) is 14.0 Å². The van der Waals surface area contributed by atoms with Crippen LogP contribution in [0.4, 0.5) is 5.69 Å². The third-order valence-corrected chi connectivity index (χ3v) is 9.35. The van der Waals surface area contributed by atoms with Gasteiger partial charge in [-0.1, -0.05) is 90.5 Å². The number of para-hydroxylation sites is 3. The van der Waals surface area contributed by atoms with Gasteiger partial charge in [0.25, 0.3) is 0 Å². The number of benzene rings is 5. The van der Waals surface area contributed by atoms with Crippen molar-refractivity contribution >= 4 is 28.3 Å². The van der Waals surface area contributed by atoms with Crippen molar-refractivity contribution in [2.75, 3.05) is 37.7 Å². The van der Waals surface area contributed by atoms with Crippen molar-refractivity contribution in [3.05, 3.63) is 149 Å². The number of nitrogens with one attached hydrogen (secondary N) is 1. The van der Waals surface area contributed by atoms with Crippen LogP contribution in [0.25, 0.3) is 22.2 Å². The molecule has 1 aromatic heterocycles. The number of hydrogen-bond donors (Lipinski definition) is 1. The Balaban J connectivity index is 0.971. The Bertz CT molecular complexity index is 1970. The molecular formula is C40H40ClN5O. The van der Waals surface area contributed by atoms with Gasteiger partial charge in [-0.2, -0.15) is 0 Å². The van der Waals surface area contributed by atoms with E-state index in [0.717, 1.165) is 67.5 Å². The molecule has 0 atom stereocenters. The molecule has 6 nitrogen and oxygen atoms in total. The zero-order valence-electron chi connectivity index (χ0n) is 26.6. The van der Waals surface area contributed by atoms with Crippen LogP contribution in [-0.2, 0) is 19.6 Å². The smallest absolute Gasteiger partial charge is 0.203 e. The molecule has 7 rings (SSSR count). The number of aryl methyl sites for hydroxylation is 1. The molecule has 47 heavy (non-hydrogen) atoms. The molecule has 0 saturated carbocycles. The van der Waals surface area contributed by atoms with Crippen LogP contribution in [0, 0.1) is 5.41 Å². The molecule has 1 fully saturated rings. The number of ether oxygens (including phenoxy) is 1. The molecule has 1 aliphatic rings. The van der Waals surface area contributed by atoms with Gasteiger partial charge < -0.3 is 18.8 Å². The normalized spacial score (nSPS) is 13.7. The standard InChI is InChI=1S/C40H40ClN5O/c41-34-19-17-32(18-20-34)37-12-5-4-9-33(37)30-43-24-26-44(27-25-43)35-21-15-31(16-22-35)29-46-39-14-7-6-13-38(39)45(40(46)42)23-8-28-47-36-10-2-1-3-11-36/h1-7,9-22,42H,8,23-30H2. The van der Waals surface area contributed by atoms with Gasteiger partial charge in [0.2, 0.25) is 5.62 Å². The lowest BCUT2D eigenvalue weighted by atomic mass is 9.99. The fourth-order valence-electron chi connectivity index (χ4n) is 6.58. The van der Waals surface area contributed by atoms with Crippen molar-refractivity contribution in [1.29, 1.82) is 5.41 Å². The van der Waals surface area contributed by atoms with Crippen LogP contribution in [0.2, 0.25) is 5.02 Å². The highest BCUT2D eigenvalue weighted by Crippen LogP contribution is 2.27. The van der Waals surface area contributed by atoms with Crippen molar-refractivity contribution in [2.24, 2.45) is 0 Å². The number of piperazine rings is 1. The molecule has 0 spiro atoms. The summed E-state index contributed by atoms with van der Waals surface area (Å²) in [5.74, 6) is 0.882. The maximum absolute atomic E-state index is 9.06. The number of aromatic nitrogens is 2. The third-order valence-electron chi connectivity index (χ3n) is 9.09. The first-order valence-electron chi connectivity index (χ1n) is 16.4. The Kier molecular flexibility index (Phi) is 9.40. The van der Waals surface area contributed by atoms with Gasteiger partial charge in [0.05, 0.1) is 24.2 Å². The first kappa shape index (κ1) is 30.9. The molecule has 7 heteroatoms. The van der Waals surface area contributed by atoms with E-state index in [1.54, 1.807) is 0 Å². The molecule has 2 heterocycles. The predicted molar refractivity (Wildman–Crippen MR) is 192 cm³/mol. The second kappa shape index (κ2) is 14.3. The summed E-state index contributed by atoms with van der Waals surface area (Å²) < 4.78 is 10.1. The lowest BCUT2D eigenvalue weighted by molar-refractivity contribution is 0.250. The van der Waals surface area contributed by atoms with Gasteiger partial charge in [0.1, 0.15) is 5.75 Å². The summed E-state index contributed by atoms with van der Waals surface area (Å²) in [6.07, 6.45) is 0.830. The number of anilines is 1. The Labute approximate surface area is 281 Å². The van der Waals surface area contributed by atoms with Crippen molar-refractivity contribution < 1.29 is 4.74 Å². The van der Waals surface area contributed by atoms with E-state index in [4.69, 9.17) is 21.7 Å².